The molecular formula is C13H21ClN2S. The molecule has 96 valence electrons. The molecule has 0 aromatic heterocycles. The summed E-state index contributed by atoms with van der Waals surface area (Å²) in [4.78, 5) is 2.36. The molecule has 0 spiro atoms. The molecule has 1 aromatic carbocycles. The first kappa shape index (κ1) is 14.7. The summed E-state index contributed by atoms with van der Waals surface area (Å²) < 4.78 is 0. The van der Waals surface area contributed by atoms with Gasteiger partial charge in [-0.15, -0.1) is 0 Å². The molecule has 0 aliphatic heterocycles. The lowest BCUT2D eigenvalue weighted by atomic mass is 10.1. The molecule has 4 heteroatoms. The van der Waals surface area contributed by atoms with Crippen molar-refractivity contribution in [3.63, 3.8) is 0 Å². The maximum atomic E-state index is 5.97. The fourth-order valence-electron chi connectivity index (χ4n) is 1.86. The van der Waals surface area contributed by atoms with Crippen molar-refractivity contribution in [3.8, 4) is 0 Å². The molecule has 1 rings (SSSR count). The SMILES string of the molecule is CCC(CSC)N(C)Cc1ccc(Cl)cc1N. The Morgan fingerprint density at radius 1 is 1.47 bits per heavy atom. The van der Waals surface area contributed by atoms with E-state index in [4.69, 9.17) is 17.3 Å². The quantitative estimate of drug-likeness (QED) is 0.804. The van der Waals surface area contributed by atoms with Gasteiger partial charge in [0.25, 0.3) is 0 Å². The first-order chi connectivity index (χ1) is 8.08. The lowest BCUT2D eigenvalue weighted by molar-refractivity contribution is 0.248. The van der Waals surface area contributed by atoms with Crippen molar-refractivity contribution in [2.45, 2.75) is 25.9 Å². The third kappa shape index (κ3) is 4.41. The second-order valence-corrected chi connectivity index (χ2v) is 5.62. The zero-order chi connectivity index (χ0) is 12.8. The van der Waals surface area contributed by atoms with Crippen molar-refractivity contribution in [2.24, 2.45) is 0 Å². The molecule has 1 aromatic rings. The summed E-state index contributed by atoms with van der Waals surface area (Å²) in [5, 5.41) is 0.699. The van der Waals surface area contributed by atoms with Gasteiger partial charge in [0.15, 0.2) is 0 Å². The summed E-state index contributed by atoms with van der Waals surface area (Å²) in [6.07, 6.45) is 3.30. The number of benzene rings is 1. The Morgan fingerprint density at radius 3 is 2.71 bits per heavy atom. The maximum absolute atomic E-state index is 5.97. The van der Waals surface area contributed by atoms with E-state index in [1.54, 1.807) is 0 Å². The van der Waals surface area contributed by atoms with Crippen LogP contribution in [0.4, 0.5) is 5.69 Å². The zero-order valence-electron chi connectivity index (χ0n) is 10.7. The lowest BCUT2D eigenvalue weighted by Crippen LogP contribution is -2.32. The molecule has 0 fully saturated rings. The number of hydrogen-bond donors (Lipinski definition) is 1. The number of nitrogens with zero attached hydrogens (tertiary/aromatic N) is 1. The average Bonchev–Trinajstić information content (AvgIpc) is 2.29. The third-order valence-corrected chi connectivity index (χ3v) is 3.93. The van der Waals surface area contributed by atoms with Crippen LogP contribution in [0.5, 0.6) is 0 Å². The number of rotatable bonds is 6. The first-order valence-corrected chi connectivity index (χ1v) is 7.58. The number of nitrogens with two attached hydrogens (primary N) is 1. The van der Waals surface area contributed by atoms with Crippen LogP contribution in [0, 0.1) is 0 Å². The number of halogens is 1. The Balaban J connectivity index is 2.69. The molecule has 1 atom stereocenters. The smallest absolute Gasteiger partial charge is 0.0426 e. The lowest BCUT2D eigenvalue weighted by Gasteiger charge is -2.27. The summed E-state index contributed by atoms with van der Waals surface area (Å²) in [5.41, 5.74) is 7.90. The Bertz CT molecular complexity index is 357. The van der Waals surface area contributed by atoms with Crippen molar-refractivity contribution in [1.82, 2.24) is 4.90 Å². The molecule has 0 radical (unpaired) electrons. The van der Waals surface area contributed by atoms with E-state index in [2.05, 4.69) is 25.1 Å². The number of thioether (sulfide) groups is 1. The molecular weight excluding hydrogens is 252 g/mol. The molecule has 2 nitrogen and oxygen atoms in total. The summed E-state index contributed by atoms with van der Waals surface area (Å²) in [6, 6.07) is 6.33. The topological polar surface area (TPSA) is 29.3 Å². The molecule has 0 bridgehead atoms. The van der Waals surface area contributed by atoms with Crippen LogP contribution in [0.1, 0.15) is 18.9 Å². The summed E-state index contributed by atoms with van der Waals surface area (Å²) >= 11 is 7.78. The normalized spacial score (nSPS) is 13.0. The van der Waals surface area contributed by atoms with Crippen LogP contribution in [-0.2, 0) is 6.54 Å². The minimum Gasteiger partial charge on any atom is -0.398 e. The molecule has 0 aliphatic rings. The molecule has 0 saturated heterocycles. The molecule has 2 N–H and O–H groups in total. The minimum atomic E-state index is 0.597. The Hall–Kier alpha value is -0.380. The van der Waals surface area contributed by atoms with E-state index in [9.17, 15) is 0 Å². The summed E-state index contributed by atoms with van der Waals surface area (Å²) in [7, 11) is 2.15. The second kappa shape index (κ2) is 7.14. The van der Waals surface area contributed by atoms with Gasteiger partial charge < -0.3 is 5.73 Å². The number of nitrogen functional groups attached to an aromatic ring is 1. The van der Waals surface area contributed by atoms with Crippen LogP contribution in [0.3, 0.4) is 0 Å². The van der Waals surface area contributed by atoms with E-state index in [1.165, 1.54) is 0 Å². The molecule has 1 unspecified atom stereocenters. The van der Waals surface area contributed by atoms with Gasteiger partial charge in [-0.05, 0) is 37.4 Å². The van der Waals surface area contributed by atoms with Crippen molar-refractivity contribution < 1.29 is 0 Å². The second-order valence-electron chi connectivity index (χ2n) is 4.28. The monoisotopic (exact) mass is 272 g/mol. The van der Waals surface area contributed by atoms with Gasteiger partial charge in [0.05, 0.1) is 0 Å². The molecule has 0 saturated carbocycles. The van der Waals surface area contributed by atoms with Gasteiger partial charge in [-0.1, -0.05) is 24.6 Å². The fourth-order valence-corrected chi connectivity index (χ4v) is 2.91. The first-order valence-electron chi connectivity index (χ1n) is 5.81. The molecule has 0 heterocycles. The Kier molecular flexibility index (Phi) is 6.17. The van der Waals surface area contributed by atoms with Crippen molar-refractivity contribution in [3.05, 3.63) is 28.8 Å². The van der Waals surface area contributed by atoms with Crippen molar-refractivity contribution in [1.29, 1.82) is 0 Å². The molecule has 0 amide bonds. The predicted molar refractivity (Wildman–Crippen MR) is 79.8 cm³/mol. The van der Waals surface area contributed by atoms with Crippen LogP contribution in [-0.4, -0.2) is 30.0 Å². The standard InChI is InChI=1S/C13H21ClN2S/c1-4-12(9-17-3)16(2)8-10-5-6-11(14)7-13(10)15/h5-7,12H,4,8-9,15H2,1-3H3. The summed E-state index contributed by atoms with van der Waals surface area (Å²) in [6.45, 7) is 3.10. The third-order valence-electron chi connectivity index (χ3n) is 2.98. The zero-order valence-corrected chi connectivity index (χ0v) is 12.3. The Labute approximate surface area is 114 Å². The van der Waals surface area contributed by atoms with Crippen LogP contribution in [0.25, 0.3) is 0 Å². The van der Waals surface area contributed by atoms with Gasteiger partial charge in [0.1, 0.15) is 0 Å². The van der Waals surface area contributed by atoms with Crippen LogP contribution < -0.4 is 5.73 Å². The van der Waals surface area contributed by atoms with E-state index >= 15 is 0 Å². The van der Waals surface area contributed by atoms with Crippen LogP contribution in [0.2, 0.25) is 5.02 Å². The van der Waals surface area contributed by atoms with E-state index in [1.807, 2.05) is 30.0 Å². The number of anilines is 1. The Morgan fingerprint density at radius 2 is 2.18 bits per heavy atom. The molecule has 0 aliphatic carbocycles. The largest absolute Gasteiger partial charge is 0.398 e. The predicted octanol–water partition coefficient (Wildman–Crippen LogP) is 3.50. The van der Waals surface area contributed by atoms with Gasteiger partial charge in [-0.25, -0.2) is 0 Å². The van der Waals surface area contributed by atoms with Gasteiger partial charge in [0.2, 0.25) is 0 Å². The fraction of sp³-hybridized carbons (Fsp3) is 0.538. The molecule has 17 heavy (non-hydrogen) atoms. The van der Waals surface area contributed by atoms with Gasteiger partial charge >= 0.3 is 0 Å². The van der Waals surface area contributed by atoms with E-state index < -0.39 is 0 Å². The van der Waals surface area contributed by atoms with Crippen molar-refractivity contribution >= 4 is 29.1 Å². The van der Waals surface area contributed by atoms with E-state index in [0.717, 1.165) is 30.0 Å². The minimum absolute atomic E-state index is 0.597. The summed E-state index contributed by atoms with van der Waals surface area (Å²) in [5.74, 6) is 1.15. The van der Waals surface area contributed by atoms with Crippen LogP contribution >= 0.6 is 23.4 Å². The highest BCUT2D eigenvalue weighted by Gasteiger charge is 2.13. The van der Waals surface area contributed by atoms with E-state index in [-0.39, 0.29) is 0 Å². The van der Waals surface area contributed by atoms with Gasteiger partial charge in [0, 0.05) is 29.0 Å². The maximum Gasteiger partial charge on any atom is 0.0426 e. The number of hydrogen-bond acceptors (Lipinski definition) is 3. The van der Waals surface area contributed by atoms with Gasteiger partial charge in [-0.3, -0.25) is 4.90 Å². The van der Waals surface area contributed by atoms with Crippen molar-refractivity contribution in [2.75, 3.05) is 24.8 Å². The average molecular weight is 273 g/mol. The van der Waals surface area contributed by atoms with Crippen LogP contribution in [0.15, 0.2) is 18.2 Å². The highest BCUT2D eigenvalue weighted by Crippen LogP contribution is 2.20. The van der Waals surface area contributed by atoms with E-state index in [0.29, 0.717) is 11.1 Å². The van der Waals surface area contributed by atoms with Gasteiger partial charge in [-0.2, -0.15) is 11.8 Å². The highest BCUT2D eigenvalue weighted by molar-refractivity contribution is 7.98. The highest BCUT2D eigenvalue weighted by atomic mass is 35.5.